The first kappa shape index (κ1) is 16.9. The summed E-state index contributed by atoms with van der Waals surface area (Å²) < 4.78 is 0. The molecular weight excluding hydrogens is 314 g/mol. The number of para-hydroxylation sites is 1. The van der Waals surface area contributed by atoms with Crippen LogP contribution in [0.1, 0.15) is 25.0 Å². The van der Waals surface area contributed by atoms with Crippen LogP contribution in [0.5, 0.6) is 0 Å². The lowest BCUT2D eigenvalue weighted by Crippen LogP contribution is -2.17. The molecule has 0 amide bonds. The Morgan fingerprint density at radius 2 is 0.885 bits per heavy atom. The highest BCUT2D eigenvalue weighted by atomic mass is 14.9. The van der Waals surface area contributed by atoms with Crippen molar-refractivity contribution in [3.8, 4) is 0 Å². The first-order valence-electron chi connectivity index (χ1n) is 8.98. The van der Waals surface area contributed by atoms with Gasteiger partial charge in [0.05, 0.1) is 6.04 Å². The van der Waals surface area contributed by atoms with Gasteiger partial charge in [-0.05, 0) is 23.3 Å². The molecule has 0 atom stereocenters. The molecule has 0 bridgehead atoms. The highest BCUT2D eigenvalue weighted by Gasteiger charge is 2.49. The SMILES string of the molecule is C[C]1[C](Nc2ccccc2)[C](C)[C](c2ccccc2)[C]1c1ccccc1. The first-order chi connectivity index (χ1) is 12.8. The van der Waals surface area contributed by atoms with E-state index in [0.717, 1.165) is 5.69 Å². The zero-order chi connectivity index (χ0) is 17.9. The van der Waals surface area contributed by atoms with Crippen LogP contribution in [0.3, 0.4) is 0 Å². The maximum absolute atomic E-state index is 3.64. The van der Waals surface area contributed by atoms with E-state index in [4.69, 9.17) is 0 Å². The van der Waals surface area contributed by atoms with Crippen LogP contribution in [0.15, 0.2) is 91.0 Å². The van der Waals surface area contributed by atoms with Crippen molar-refractivity contribution < 1.29 is 0 Å². The lowest BCUT2D eigenvalue weighted by molar-refractivity contribution is 0.989. The molecule has 5 radical (unpaired) electrons. The minimum absolute atomic E-state index is 1.11. The molecule has 1 saturated carbocycles. The fraction of sp³-hybridized carbons (Fsp3) is 0.0800. The summed E-state index contributed by atoms with van der Waals surface area (Å²) in [6.07, 6.45) is 0. The van der Waals surface area contributed by atoms with Gasteiger partial charge < -0.3 is 5.32 Å². The first-order valence-corrected chi connectivity index (χ1v) is 8.98. The maximum atomic E-state index is 3.64. The third-order valence-electron chi connectivity index (χ3n) is 4.92. The number of anilines is 1. The molecule has 26 heavy (non-hydrogen) atoms. The molecule has 0 heterocycles. The normalized spacial score (nSPS) is 17.6. The predicted octanol–water partition coefficient (Wildman–Crippen LogP) is 6.08. The Morgan fingerprint density at radius 3 is 1.31 bits per heavy atom. The van der Waals surface area contributed by atoms with Gasteiger partial charge in [0.15, 0.2) is 0 Å². The molecule has 127 valence electrons. The van der Waals surface area contributed by atoms with Crippen molar-refractivity contribution in [1.29, 1.82) is 0 Å². The van der Waals surface area contributed by atoms with Gasteiger partial charge in [0.25, 0.3) is 0 Å². The second-order valence-electron chi connectivity index (χ2n) is 6.60. The Morgan fingerprint density at radius 1 is 0.500 bits per heavy atom. The average Bonchev–Trinajstić information content (AvgIpc) is 2.95. The molecule has 4 rings (SSSR count). The van der Waals surface area contributed by atoms with Crippen LogP contribution < -0.4 is 5.32 Å². The van der Waals surface area contributed by atoms with Gasteiger partial charge in [0.1, 0.15) is 0 Å². The zero-order valence-corrected chi connectivity index (χ0v) is 15.2. The predicted molar refractivity (Wildman–Crippen MR) is 109 cm³/mol. The smallest absolute Gasteiger partial charge is 0.0752 e. The Kier molecular flexibility index (Phi) is 4.79. The van der Waals surface area contributed by atoms with E-state index in [2.05, 4.69) is 104 Å². The lowest BCUT2D eigenvalue weighted by Gasteiger charge is -2.23. The summed E-state index contributed by atoms with van der Waals surface area (Å²) in [6, 6.07) is 32.9. The van der Waals surface area contributed by atoms with E-state index in [-0.39, 0.29) is 0 Å². The van der Waals surface area contributed by atoms with Crippen LogP contribution in [0.4, 0.5) is 5.69 Å². The van der Waals surface area contributed by atoms with Gasteiger partial charge in [-0.2, -0.15) is 0 Å². The van der Waals surface area contributed by atoms with E-state index in [1.165, 1.54) is 40.8 Å². The second kappa shape index (κ2) is 7.37. The third kappa shape index (κ3) is 3.14. The van der Waals surface area contributed by atoms with Gasteiger partial charge in [-0.1, -0.05) is 92.7 Å². The number of hydrogen-bond acceptors (Lipinski definition) is 1. The molecule has 3 aromatic rings. The van der Waals surface area contributed by atoms with Crippen LogP contribution in [-0.4, -0.2) is 0 Å². The summed E-state index contributed by atoms with van der Waals surface area (Å²) >= 11 is 0. The van der Waals surface area contributed by atoms with Gasteiger partial charge in [-0.3, -0.25) is 0 Å². The van der Waals surface area contributed by atoms with Crippen molar-refractivity contribution in [2.45, 2.75) is 13.8 Å². The molecule has 1 aliphatic rings. The minimum Gasteiger partial charge on any atom is -0.376 e. The van der Waals surface area contributed by atoms with E-state index in [1.807, 2.05) is 6.07 Å². The molecular formula is C25H22N. The fourth-order valence-electron chi connectivity index (χ4n) is 3.69. The summed E-state index contributed by atoms with van der Waals surface area (Å²) in [4.78, 5) is 0. The average molecular weight is 336 g/mol. The number of hydrogen-bond donors (Lipinski definition) is 1. The van der Waals surface area contributed by atoms with E-state index in [0.29, 0.717) is 0 Å². The summed E-state index contributed by atoms with van der Waals surface area (Å²) in [6.45, 7) is 4.43. The van der Waals surface area contributed by atoms with Crippen LogP contribution in [0.25, 0.3) is 0 Å². The van der Waals surface area contributed by atoms with Crippen LogP contribution in [-0.2, 0) is 0 Å². The van der Waals surface area contributed by atoms with E-state index < -0.39 is 0 Å². The Hall–Kier alpha value is -2.54. The number of nitrogens with one attached hydrogen (secondary N) is 1. The summed E-state index contributed by atoms with van der Waals surface area (Å²) in [5.74, 6) is 5.20. The second-order valence-corrected chi connectivity index (χ2v) is 6.60. The topological polar surface area (TPSA) is 12.0 Å². The van der Waals surface area contributed by atoms with Gasteiger partial charge in [-0.25, -0.2) is 0 Å². The molecule has 1 N–H and O–H groups in total. The highest BCUT2D eigenvalue weighted by molar-refractivity contribution is 5.75. The van der Waals surface area contributed by atoms with Crippen LogP contribution in [0, 0.1) is 29.7 Å². The lowest BCUT2D eigenvalue weighted by atomic mass is 9.78. The van der Waals surface area contributed by atoms with Gasteiger partial charge in [0.2, 0.25) is 0 Å². The van der Waals surface area contributed by atoms with Crippen molar-refractivity contribution in [3.05, 3.63) is 132 Å². The van der Waals surface area contributed by atoms with Gasteiger partial charge in [-0.15, -0.1) is 0 Å². The van der Waals surface area contributed by atoms with E-state index >= 15 is 0 Å². The number of benzene rings is 3. The molecule has 3 aromatic carbocycles. The van der Waals surface area contributed by atoms with Crippen molar-refractivity contribution >= 4 is 5.69 Å². The third-order valence-corrected chi connectivity index (χ3v) is 4.92. The quantitative estimate of drug-likeness (QED) is 0.609. The standard InChI is InChI=1S/C25H22N/c1-18-23(20-12-6-3-7-13-20)24(21-14-8-4-9-15-21)19(2)25(18)26-22-16-10-5-11-17-22/h3-17,26H,1-2H3. The molecule has 1 aliphatic carbocycles. The molecule has 1 fully saturated rings. The highest BCUT2D eigenvalue weighted by Crippen LogP contribution is 2.57. The monoisotopic (exact) mass is 336 g/mol. The maximum Gasteiger partial charge on any atom is 0.0752 e. The van der Waals surface area contributed by atoms with E-state index in [1.54, 1.807) is 0 Å². The largest absolute Gasteiger partial charge is 0.376 e. The molecule has 1 nitrogen and oxygen atoms in total. The molecule has 1 heteroatoms. The summed E-state index contributed by atoms with van der Waals surface area (Å²) in [7, 11) is 0. The van der Waals surface area contributed by atoms with Crippen molar-refractivity contribution in [3.63, 3.8) is 0 Å². The van der Waals surface area contributed by atoms with Gasteiger partial charge in [0, 0.05) is 29.4 Å². The molecule has 0 spiro atoms. The number of rotatable bonds is 4. The molecule has 0 saturated heterocycles. The van der Waals surface area contributed by atoms with Crippen molar-refractivity contribution in [2.24, 2.45) is 0 Å². The fourth-order valence-corrected chi connectivity index (χ4v) is 3.69. The summed E-state index contributed by atoms with van der Waals surface area (Å²) in [5.41, 5.74) is 3.63. The summed E-state index contributed by atoms with van der Waals surface area (Å²) in [5, 5.41) is 3.64. The zero-order valence-electron chi connectivity index (χ0n) is 15.2. The Labute approximate surface area is 157 Å². The van der Waals surface area contributed by atoms with Gasteiger partial charge >= 0.3 is 0 Å². The minimum atomic E-state index is 1.11. The Bertz CT molecular complexity index is 761. The van der Waals surface area contributed by atoms with Crippen LogP contribution >= 0.6 is 0 Å². The van der Waals surface area contributed by atoms with Crippen LogP contribution in [0.2, 0.25) is 0 Å². The van der Waals surface area contributed by atoms with Crippen molar-refractivity contribution in [1.82, 2.24) is 0 Å². The molecule has 0 unspecified atom stereocenters. The Balaban J connectivity index is 1.72. The molecule has 0 aromatic heterocycles. The molecule has 0 aliphatic heterocycles. The van der Waals surface area contributed by atoms with Crippen molar-refractivity contribution in [2.75, 3.05) is 5.32 Å². The van der Waals surface area contributed by atoms with E-state index in [9.17, 15) is 0 Å².